The number of alkyl halides is 3. The summed E-state index contributed by atoms with van der Waals surface area (Å²) >= 11 is 0. The average molecular weight is 381 g/mol. The molecule has 0 bridgehead atoms. The minimum Gasteiger partial charge on any atom is -0.488 e. The first kappa shape index (κ1) is 21.1. The lowest BCUT2D eigenvalue weighted by atomic mass is 10.1. The number of halogens is 3. The molecule has 148 valence electrons. The third kappa shape index (κ3) is 7.51. The van der Waals surface area contributed by atoms with E-state index in [0.717, 1.165) is 13.0 Å². The van der Waals surface area contributed by atoms with Crippen LogP contribution in [0.3, 0.4) is 0 Å². The number of rotatable bonds is 10. The highest BCUT2D eigenvalue weighted by molar-refractivity contribution is 5.39. The van der Waals surface area contributed by atoms with Crippen LogP contribution in [0.25, 0.3) is 0 Å². The van der Waals surface area contributed by atoms with Crippen LogP contribution in [0, 0.1) is 0 Å². The maximum absolute atomic E-state index is 12.4. The topological polar surface area (TPSA) is 21.7 Å². The molecule has 2 aromatic rings. The molecule has 3 nitrogen and oxygen atoms in total. The zero-order chi connectivity index (χ0) is 19.7. The molecule has 0 radical (unpaired) electrons. The Morgan fingerprint density at radius 3 is 2.11 bits per heavy atom. The van der Waals surface area contributed by atoms with E-state index < -0.39 is 12.8 Å². The lowest BCUT2D eigenvalue weighted by Crippen LogP contribution is -2.35. The van der Waals surface area contributed by atoms with Crippen molar-refractivity contribution < 1.29 is 22.6 Å². The van der Waals surface area contributed by atoms with Crippen LogP contribution in [0.5, 0.6) is 11.5 Å². The monoisotopic (exact) mass is 381 g/mol. The van der Waals surface area contributed by atoms with Gasteiger partial charge in [0.05, 0.1) is 0 Å². The fourth-order valence-corrected chi connectivity index (χ4v) is 2.65. The first-order valence-electron chi connectivity index (χ1n) is 9.08. The highest BCUT2D eigenvalue weighted by atomic mass is 19.4. The molecule has 0 aliphatic heterocycles. The van der Waals surface area contributed by atoms with Gasteiger partial charge in [-0.1, -0.05) is 49.4 Å². The summed E-state index contributed by atoms with van der Waals surface area (Å²) < 4.78 is 47.8. The Morgan fingerprint density at radius 2 is 1.52 bits per heavy atom. The van der Waals surface area contributed by atoms with Crippen molar-refractivity contribution in [2.45, 2.75) is 39.0 Å². The largest absolute Gasteiger partial charge is 0.488 e. The molecule has 0 heterocycles. The quantitative estimate of drug-likeness (QED) is 0.557. The van der Waals surface area contributed by atoms with E-state index in [9.17, 15) is 13.2 Å². The van der Waals surface area contributed by atoms with Gasteiger partial charge in [0.2, 0.25) is 0 Å². The van der Waals surface area contributed by atoms with Crippen molar-refractivity contribution in [3.05, 3.63) is 60.2 Å². The van der Waals surface area contributed by atoms with Crippen molar-refractivity contribution in [2.24, 2.45) is 0 Å². The van der Waals surface area contributed by atoms with Crippen molar-refractivity contribution in [1.82, 2.24) is 4.90 Å². The minimum atomic E-state index is -4.38. The van der Waals surface area contributed by atoms with Crippen molar-refractivity contribution in [3.8, 4) is 11.5 Å². The van der Waals surface area contributed by atoms with E-state index in [1.54, 1.807) is 18.2 Å². The Kier molecular flexibility index (Phi) is 7.98. The Morgan fingerprint density at radius 1 is 0.926 bits per heavy atom. The maximum atomic E-state index is 12.4. The van der Waals surface area contributed by atoms with E-state index in [2.05, 4.69) is 30.9 Å². The van der Waals surface area contributed by atoms with Crippen molar-refractivity contribution in [1.29, 1.82) is 0 Å². The predicted octanol–water partition coefficient (Wildman–Crippen LogP) is 5.31. The molecule has 2 rings (SSSR count). The summed E-state index contributed by atoms with van der Waals surface area (Å²) in [7, 11) is 0. The highest BCUT2D eigenvalue weighted by Gasteiger charge is 2.29. The van der Waals surface area contributed by atoms with Crippen LogP contribution < -0.4 is 9.47 Å². The average Bonchev–Trinajstić information content (AvgIpc) is 2.66. The second kappa shape index (κ2) is 10.2. The van der Waals surface area contributed by atoms with Crippen LogP contribution in [-0.4, -0.2) is 36.9 Å². The van der Waals surface area contributed by atoms with Gasteiger partial charge in [0, 0.05) is 19.1 Å². The molecule has 0 saturated heterocycles. The van der Waals surface area contributed by atoms with Crippen molar-refractivity contribution >= 4 is 0 Å². The molecule has 0 N–H and O–H groups in total. The Balaban J connectivity index is 1.94. The normalized spacial score (nSPS) is 12.8. The van der Waals surface area contributed by atoms with Gasteiger partial charge in [0.25, 0.3) is 0 Å². The maximum Gasteiger partial charge on any atom is 0.422 e. The lowest BCUT2D eigenvalue weighted by molar-refractivity contribution is -0.153. The molecule has 2 aromatic carbocycles. The van der Waals surface area contributed by atoms with Gasteiger partial charge >= 0.3 is 6.18 Å². The van der Waals surface area contributed by atoms with E-state index in [0.29, 0.717) is 24.9 Å². The smallest absolute Gasteiger partial charge is 0.422 e. The standard InChI is InChI=1S/C21H26F3NO2/c1-3-17(2)25(15-18-9-5-4-6-10-18)13-14-26-19-11-7-8-12-20(19)27-16-21(22,23)24/h4-12,17H,3,13-16H2,1-2H3/t17-/m0/s1. The van der Waals surface area contributed by atoms with Crippen molar-refractivity contribution in [2.75, 3.05) is 19.8 Å². The minimum absolute atomic E-state index is 0.105. The van der Waals surface area contributed by atoms with Gasteiger partial charge in [-0.05, 0) is 31.0 Å². The number of hydrogen-bond acceptors (Lipinski definition) is 3. The molecule has 6 heteroatoms. The Labute approximate surface area is 158 Å². The fraction of sp³-hybridized carbons (Fsp3) is 0.429. The first-order valence-corrected chi connectivity index (χ1v) is 9.08. The molecular formula is C21H26F3NO2. The van der Waals surface area contributed by atoms with Crippen LogP contribution in [0.4, 0.5) is 13.2 Å². The summed E-state index contributed by atoms with van der Waals surface area (Å²) in [5, 5.41) is 0. The van der Waals surface area contributed by atoms with E-state index in [1.165, 1.54) is 11.6 Å². The van der Waals surface area contributed by atoms with Crippen LogP contribution in [0.2, 0.25) is 0 Å². The van der Waals surface area contributed by atoms with E-state index >= 15 is 0 Å². The van der Waals surface area contributed by atoms with E-state index in [-0.39, 0.29) is 5.75 Å². The van der Waals surface area contributed by atoms with E-state index in [1.807, 2.05) is 18.2 Å². The molecule has 27 heavy (non-hydrogen) atoms. The second-order valence-corrected chi connectivity index (χ2v) is 6.41. The summed E-state index contributed by atoms with van der Waals surface area (Å²) in [6.45, 7) is 4.78. The molecule has 0 aliphatic carbocycles. The summed E-state index contributed by atoms with van der Waals surface area (Å²) in [4.78, 5) is 2.30. The molecule has 0 fully saturated rings. The second-order valence-electron chi connectivity index (χ2n) is 6.41. The predicted molar refractivity (Wildman–Crippen MR) is 100 cm³/mol. The van der Waals surface area contributed by atoms with Gasteiger partial charge in [0.1, 0.15) is 6.61 Å². The molecule has 0 spiro atoms. The third-order valence-electron chi connectivity index (χ3n) is 4.32. The molecule has 0 aliphatic rings. The summed E-state index contributed by atoms with van der Waals surface area (Å²) in [6, 6.07) is 17.0. The van der Waals surface area contributed by atoms with Gasteiger partial charge in [0.15, 0.2) is 18.1 Å². The number of para-hydroxylation sites is 2. The molecular weight excluding hydrogens is 355 g/mol. The fourth-order valence-electron chi connectivity index (χ4n) is 2.65. The highest BCUT2D eigenvalue weighted by Crippen LogP contribution is 2.28. The summed E-state index contributed by atoms with van der Waals surface area (Å²) in [5.41, 5.74) is 1.21. The molecule has 0 amide bonds. The first-order chi connectivity index (χ1) is 12.9. The molecule has 0 unspecified atom stereocenters. The Bertz CT molecular complexity index is 677. The van der Waals surface area contributed by atoms with Crippen LogP contribution >= 0.6 is 0 Å². The number of benzene rings is 2. The summed E-state index contributed by atoms with van der Waals surface area (Å²) in [6.07, 6.45) is -3.38. The molecule has 0 saturated carbocycles. The number of ether oxygens (including phenoxy) is 2. The van der Waals surface area contributed by atoms with E-state index in [4.69, 9.17) is 9.47 Å². The van der Waals surface area contributed by atoms with Gasteiger partial charge < -0.3 is 9.47 Å². The number of nitrogens with zero attached hydrogens (tertiary/aromatic N) is 1. The SMILES string of the molecule is CC[C@H](C)N(CCOc1ccccc1OCC(F)(F)F)Cc1ccccc1. The van der Waals surface area contributed by atoms with Gasteiger partial charge in [-0.2, -0.15) is 13.2 Å². The van der Waals surface area contributed by atoms with Gasteiger partial charge in [-0.3, -0.25) is 4.90 Å². The van der Waals surface area contributed by atoms with Crippen LogP contribution in [0.1, 0.15) is 25.8 Å². The zero-order valence-electron chi connectivity index (χ0n) is 15.7. The summed E-state index contributed by atoms with van der Waals surface area (Å²) in [5.74, 6) is 0.429. The Hall–Kier alpha value is -2.21. The van der Waals surface area contributed by atoms with Crippen LogP contribution in [0.15, 0.2) is 54.6 Å². The molecule has 1 atom stereocenters. The zero-order valence-corrected chi connectivity index (χ0v) is 15.7. The number of hydrogen-bond donors (Lipinski definition) is 0. The van der Waals surface area contributed by atoms with Crippen LogP contribution in [-0.2, 0) is 6.54 Å². The van der Waals surface area contributed by atoms with Gasteiger partial charge in [-0.25, -0.2) is 0 Å². The van der Waals surface area contributed by atoms with Gasteiger partial charge in [-0.15, -0.1) is 0 Å². The lowest BCUT2D eigenvalue weighted by Gasteiger charge is -2.28. The van der Waals surface area contributed by atoms with Crippen molar-refractivity contribution in [3.63, 3.8) is 0 Å². The molecule has 0 aromatic heterocycles. The third-order valence-corrected chi connectivity index (χ3v) is 4.32.